The Morgan fingerprint density at radius 2 is 1.39 bits per heavy atom. The van der Waals surface area contributed by atoms with Crippen LogP contribution >= 0.6 is 22.7 Å². The van der Waals surface area contributed by atoms with Crippen molar-refractivity contribution < 1.29 is 28.8 Å². The fourth-order valence-corrected chi connectivity index (χ4v) is 4.02. The molecule has 2 aromatic heterocycles. The first-order valence-corrected chi connectivity index (χ1v) is 12.3. The molecule has 0 radical (unpaired) electrons. The molecule has 0 aliphatic carbocycles. The van der Waals surface area contributed by atoms with Gasteiger partial charge in [-0.1, -0.05) is 34.1 Å². The minimum atomic E-state index is -0.453. The van der Waals surface area contributed by atoms with Crippen LogP contribution in [0.3, 0.4) is 0 Å². The Morgan fingerprint density at radius 3 is 1.81 bits per heavy atom. The highest BCUT2D eigenvalue weighted by Crippen LogP contribution is 2.36. The van der Waals surface area contributed by atoms with Crippen molar-refractivity contribution in [3.8, 4) is 23.0 Å². The zero-order valence-corrected chi connectivity index (χ0v) is 19.8. The first-order valence-electron chi connectivity index (χ1n) is 10.4. The van der Waals surface area contributed by atoms with Gasteiger partial charge in [0.25, 0.3) is 0 Å². The minimum absolute atomic E-state index is 0. The Kier molecular flexibility index (Phi) is 13.6. The van der Waals surface area contributed by atoms with Gasteiger partial charge < -0.3 is 28.8 Å². The number of thiophene rings is 2. The number of methoxy groups -OCH3 is 1. The lowest BCUT2D eigenvalue weighted by atomic mass is 9.92. The van der Waals surface area contributed by atoms with Gasteiger partial charge in [-0.15, -0.1) is 22.7 Å². The zero-order chi connectivity index (χ0) is 21.7. The normalized spacial score (nSPS) is 13.9. The first kappa shape index (κ1) is 27.6. The van der Waals surface area contributed by atoms with Crippen molar-refractivity contribution in [2.75, 3.05) is 46.8 Å². The molecule has 2 aromatic rings. The second-order valence-corrected chi connectivity index (χ2v) is 8.76. The average molecular weight is 475 g/mol. The number of aliphatic hydroxyl groups is 1. The summed E-state index contributed by atoms with van der Waals surface area (Å²) in [5.74, 6) is 3.33. The second kappa shape index (κ2) is 15.3. The van der Waals surface area contributed by atoms with Crippen LogP contribution in [0, 0.1) is 5.41 Å². The van der Waals surface area contributed by atoms with Crippen LogP contribution in [-0.2, 0) is 4.74 Å². The van der Waals surface area contributed by atoms with E-state index in [9.17, 15) is 5.11 Å². The molecular formula is C23H38O6S2. The van der Waals surface area contributed by atoms with E-state index in [1.165, 1.54) is 0 Å². The largest absolute Gasteiger partial charge is 0.489 e. The highest BCUT2D eigenvalue weighted by Gasteiger charge is 2.35. The van der Waals surface area contributed by atoms with Crippen molar-refractivity contribution in [2.24, 2.45) is 5.41 Å². The second-order valence-electron chi connectivity index (χ2n) is 7.27. The maximum Gasteiger partial charge on any atom is 0.171 e. The number of aliphatic hydroxyl groups excluding tert-OH is 1. The SMILES string of the molecule is C.CCCCOc1cscc1OCCCC.COCC1(CO)COc2cscc2OC1. The van der Waals surface area contributed by atoms with Crippen molar-refractivity contribution in [1.29, 1.82) is 0 Å². The van der Waals surface area contributed by atoms with Gasteiger partial charge >= 0.3 is 0 Å². The summed E-state index contributed by atoms with van der Waals surface area (Å²) in [5, 5.41) is 17.2. The topological polar surface area (TPSA) is 66.4 Å². The highest BCUT2D eigenvalue weighted by molar-refractivity contribution is 7.08. The molecule has 0 aromatic carbocycles. The molecule has 178 valence electrons. The molecule has 0 atom stereocenters. The third-order valence-corrected chi connectivity index (χ3v) is 5.95. The number of ether oxygens (including phenoxy) is 5. The van der Waals surface area contributed by atoms with Crippen LogP contribution in [0.15, 0.2) is 21.5 Å². The van der Waals surface area contributed by atoms with Crippen molar-refractivity contribution in [3.05, 3.63) is 21.5 Å². The molecule has 0 bridgehead atoms. The molecule has 1 aliphatic heterocycles. The lowest BCUT2D eigenvalue weighted by Crippen LogP contribution is -2.41. The van der Waals surface area contributed by atoms with Crippen molar-refractivity contribution in [3.63, 3.8) is 0 Å². The summed E-state index contributed by atoms with van der Waals surface area (Å²) >= 11 is 3.17. The minimum Gasteiger partial charge on any atom is -0.489 e. The Labute approximate surface area is 195 Å². The molecule has 0 amide bonds. The van der Waals surface area contributed by atoms with Crippen LogP contribution in [-0.4, -0.2) is 51.9 Å². The molecule has 0 saturated carbocycles. The van der Waals surface area contributed by atoms with Gasteiger partial charge in [-0.25, -0.2) is 0 Å². The van der Waals surface area contributed by atoms with Gasteiger partial charge in [-0.3, -0.25) is 0 Å². The smallest absolute Gasteiger partial charge is 0.171 e. The summed E-state index contributed by atoms with van der Waals surface area (Å²) in [7, 11) is 1.61. The highest BCUT2D eigenvalue weighted by atomic mass is 32.1. The first-order chi connectivity index (χ1) is 14.7. The lowest BCUT2D eigenvalue weighted by Gasteiger charge is -2.27. The van der Waals surface area contributed by atoms with Crippen molar-refractivity contribution in [2.45, 2.75) is 47.0 Å². The van der Waals surface area contributed by atoms with E-state index in [4.69, 9.17) is 23.7 Å². The van der Waals surface area contributed by atoms with Crippen LogP contribution < -0.4 is 18.9 Å². The molecule has 0 unspecified atom stereocenters. The molecule has 8 heteroatoms. The summed E-state index contributed by atoms with van der Waals surface area (Å²) < 4.78 is 27.5. The zero-order valence-electron chi connectivity index (χ0n) is 18.2. The summed E-state index contributed by atoms with van der Waals surface area (Å²) in [4.78, 5) is 0. The fraction of sp³-hybridized carbons (Fsp3) is 0.652. The molecule has 1 N–H and O–H groups in total. The van der Waals surface area contributed by atoms with Crippen molar-refractivity contribution >= 4 is 22.7 Å². The molecule has 0 saturated heterocycles. The van der Waals surface area contributed by atoms with Gasteiger partial charge in [0.05, 0.1) is 31.8 Å². The Morgan fingerprint density at radius 1 is 0.903 bits per heavy atom. The van der Waals surface area contributed by atoms with E-state index >= 15 is 0 Å². The summed E-state index contributed by atoms with van der Waals surface area (Å²) in [6.45, 7) is 7.16. The van der Waals surface area contributed by atoms with Gasteiger partial charge in [0.1, 0.15) is 13.2 Å². The Balaban J connectivity index is 0.000000300. The Bertz CT molecular complexity index is 653. The van der Waals surface area contributed by atoms with E-state index in [-0.39, 0.29) is 14.0 Å². The van der Waals surface area contributed by atoms with Gasteiger partial charge in [0.2, 0.25) is 0 Å². The monoisotopic (exact) mass is 474 g/mol. The van der Waals surface area contributed by atoms with Crippen LogP contribution in [0.4, 0.5) is 0 Å². The predicted octanol–water partition coefficient (Wildman–Crippen LogP) is 5.89. The van der Waals surface area contributed by atoms with Crippen LogP contribution in [0.1, 0.15) is 47.0 Å². The standard InChI is InChI=1S/C12H20O2S.C10H14O4S.CH4/c1-3-5-7-13-11-9-15-10-12(11)14-8-6-4-2;1-12-5-10(4-11)6-13-8-2-15-3-9(8)14-7-10;/h9-10H,3-8H2,1-2H3;2-3,11H,4-7H2,1H3;1H4. The van der Waals surface area contributed by atoms with Crippen LogP contribution in [0.25, 0.3) is 0 Å². The van der Waals surface area contributed by atoms with E-state index in [1.54, 1.807) is 29.8 Å². The summed E-state index contributed by atoms with van der Waals surface area (Å²) in [6, 6.07) is 0. The molecule has 31 heavy (non-hydrogen) atoms. The quantitative estimate of drug-likeness (QED) is 0.410. The molecule has 3 rings (SSSR count). The number of hydrogen-bond acceptors (Lipinski definition) is 8. The van der Waals surface area contributed by atoms with Gasteiger partial charge in [-0.2, -0.15) is 0 Å². The van der Waals surface area contributed by atoms with E-state index in [0.717, 1.165) is 61.9 Å². The molecule has 6 nitrogen and oxygen atoms in total. The van der Waals surface area contributed by atoms with Crippen molar-refractivity contribution in [1.82, 2.24) is 0 Å². The summed E-state index contributed by atoms with van der Waals surface area (Å²) in [5.41, 5.74) is -0.453. The van der Waals surface area contributed by atoms with E-state index in [2.05, 4.69) is 13.8 Å². The third kappa shape index (κ3) is 8.88. The number of fused-ring (bicyclic) bond motifs is 1. The number of unbranched alkanes of at least 4 members (excludes halogenated alkanes) is 2. The van der Waals surface area contributed by atoms with Gasteiger partial charge in [0, 0.05) is 28.6 Å². The van der Waals surface area contributed by atoms with E-state index in [0.29, 0.717) is 19.8 Å². The Hall–Kier alpha value is -1.48. The average Bonchev–Trinajstić information content (AvgIpc) is 3.37. The third-order valence-electron chi connectivity index (χ3n) is 4.55. The lowest BCUT2D eigenvalue weighted by molar-refractivity contribution is -0.0227. The number of hydrogen-bond donors (Lipinski definition) is 1. The maximum atomic E-state index is 9.38. The van der Waals surface area contributed by atoms with Gasteiger partial charge in [-0.05, 0) is 12.8 Å². The molecule has 1 aliphatic rings. The molecule has 0 fully saturated rings. The van der Waals surface area contributed by atoms with E-state index < -0.39 is 5.41 Å². The molecule has 3 heterocycles. The van der Waals surface area contributed by atoms with Crippen LogP contribution in [0.5, 0.6) is 23.0 Å². The molecular weight excluding hydrogens is 436 g/mol. The molecule has 0 spiro atoms. The number of rotatable bonds is 11. The fourth-order valence-electron chi connectivity index (χ4n) is 2.65. The van der Waals surface area contributed by atoms with Crippen LogP contribution in [0.2, 0.25) is 0 Å². The predicted molar refractivity (Wildman–Crippen MR) is 129 cm³/mol. The summed E-state index contributed by atoms with van der Waals surface area (Å²) in [6.07, 6.45) is 4.53. The van der Waals surface area contributed by atoms with Gasteiger partial charge in [0.15, 0.2) is 23.0 Å². The van der Waals surface area contributed by atoms with E-state index in [1.807, 2.05) is 21.5 Å². The maximum absolute atomic E-state index is 9.38.